The number of rotatable bonds is 4. The molecule has 0 spiro atoms. The van der Waals surface area contributed by atoms with E-state index < -0.39 is 0 Å². The maximum atomic E-state index is 2.62. The summed E-state index contributed by atoms with van der Waals surface area (Å²) in [6.45, 7) is 8.20. The first-order valence-corrected chi connectivity index (χ1v) is 10.7. The van der Waals surface area contributed by atoms with Crippen LogP contribution in [0.3, 0.4) is 0 Å². The largest absolute Gasteiger partial charge is 0.366 e. The fraction of sp³-hybridized carbons (Fsp3) is 0.455. The molecule has 2 aliphatic rings. The summed E-state index contributed by atoms with van der Waals surface area (Å²) in [5.74, 6) is 1.07. The van der Waals surface area contributed by atoms with E-state index in [9.17, 15) is 0 Å². The third-order valence-electron chi connectivity index (χ3n) is 5.57. The summed E-state index contributed by atoms with van der Waals surface area (Å²) in [6, 6.07) is 17.9. The summed E-state index contributed by atoms with van der Waals surface area (Å²) in [4.78, 5) is 9.07. The van der Waals surface area contributed by atoms with E-state index in [1.54, 1.807) is 0 Å². The Labute approximate surface area is 162 Å². The summed E-state index contributed by atoms with van der Waals surface area (Å²) >= 11 is 1.97. The van der Waals surface area contributed by atoms with Gasteiger partial charge >= 0.3 is 0 Å². The zero-order valence-corrected chi connectivity index (χ0v) is 16.5. The molecule has 0 N–H and O–H groups in total. The Balaban J connectivity index is 1.45. The smallest absolute Gasteiger partial charge is 0.0507 e. The highest BCUT2D eigenvalue weighted by Gasteiger charge is 2.18. The average molecular weight is 368 g/mol. The Morgan fingerprint density at radius 1 is 0.846 bits per heavy atom. The molecule has 0 saturated carbocycles. The lowest BCUT2D eigenvalue weighted by Gasteiger charge is -2.34. The number of fused-ring (bicyclic) bond motifs is 2. The molecule has 1 saturated heterocycles. The van der Waals surface area contributed by atoms with E-state index in [1.807, 2.05) is 11.8 Å². The number of likely N-dealkylation sites (N-methyl/N-ethyl adjacent to an activating group) is 1. The second kappa shape index (κ2) is 8.47. The lowest BCUT2D eigenvalue weighted by molar-refractivity contribution is 0.153. The van der Waals surface area contributed by atoms with Gasteiger partial charge in [-0.3, -0.25) is 0 Å². The van der Waals surface area contributed by atoms with Crippen molar-refractivity contribution in [3.63, 3.8) is 0 Å². The molecule has 26 heavy (non-hydrogen) atoms. The van der Waals surface area contributed by atoms with Gasteiger partial charge in [0.05, 0.1) is 5.69 Å². The van der Waals surface area contributed by atoms with Gasteiger partial charge in [0.25, 0.3) is 0 Å². The highest BCUT2D eigenvalue weighted by atomic mass is 32.2. The van der Waals surface area contributed by atoms with Crippen molar-refractivity contribution in [3.8, 4) is 0 Å². The third-order valence-corrected chi connectivity index (χ3v) is 6.68. The van der Waals surface area contributed by atoms with Crippen LogP contribution < -0.4 is 4.90 Å². The van der Waals surface area contributed by atoms with Crippen LogP contribution in [0.4, 0.5) is 5.69 Å². The highest BCUT2D eigenvalue weighted by molar-refractivity contribution is 7.98. The first-order chi connectivity index (χ1) is 12.8. The van der Waals surface area contributed by atoms with E-state index in [-0.39, 0.29) is 0 Å². The molecular weight excluding hydrogens is 338 g/mol. The first-order valence-electron chi connectivity index (χ1n) is 9.74. The predicted molar refractivity (Wildman–Crippen MR) is 112 cm³/mol. The fourth-order valence-corrected chi connectivity index (χ4v) is 5.01. The molecule has 2 aromatic carbocycles. The minimum atomic E-state index is 1.02. The van der Waals surface area contributed by atoms with Gasteiger partial charge in [0.15, 0.2) is 0 Å². The monoisotopic (exact) mass is 367 g/mol. The number of nitrogens with zero attached hydrogens (tertiary/aromatic N) is 3. The molecule has 2 aromatic rings. The van der Waals surface area contributed by atoms with Gasteiger partial charge < -0.3 is 14.7 Å². The standard InChI is InChI=1S/C22H29N3S/c1-23-13-15-24(16-14-23)11-6-12-25-17-19-7-2-3-8-20(19)18-26-22-10-5-4-9-21(22)25/h2-5,7-10H,6,11-18H2,1H3. The molecule has 1 fully saturated rings. The van der Waals surface area contributed by atoms with Gasteiger partial charge in [0, 0.05) is 49.9 Å². The predicted octanol–water partition coefficient (Wildman–Crippen LogP) is 3.94. The van der Waals surface area contributed by atoms with Crippen molar-refractivity contribution < 1.29 is 0 Å². The second-order valence-corrected chi connectivity index (χ2v) is 8.46. The molecule has 4 heteroatoms. The summed E-state index contributed by atoms with van der Waals surface area (Å²) in [7, 11) is 2.23. The zero-order chi connectivity index (χ0) is 17.8. The number of benzene rings is 2. The molecule has 3 nitrogen and oxygen atoms in total. The molecular formula is C22H29N3S. The number of hydrogen-bond donors (Lipinski definition) is 0. The van der Waals surface area contributed by atoms with E-state index in [0.717, 1.165) is 18.8 Å². The third kappa shape index (κ3) is 4.25. The van der Waals surface area contributed by atoms with Crippen LogP contribution in [0.5, 0.6) is 0 Å². The molecule has 2 heterocycles. The van der Waals surface area contributed by atoms with Crippen molar-refractivity contribution >= 4 is 17.4 Å². The number of thioether (sulfide) groups is 1. The minimum Gasteiger partial charge on any atom is -0.366 e. The van der Waals surface area contributed by atoms with Gasteiger partial charge in [-0.05, 0) is 43.3 Å². The van der Waals surface area contributed by atoms with Gasteiger partial charge in [-0.1, -0.05) is 36.4 Å². The van der Waals surface area contributed by atoms with Crippen LogP contribution in [0.15, 0.2) is 53.4 Å². The zero-order valence-electron chi connectivity index (χ0n) is 15.7. The lowest BCUT2D eigenvalue weighted by Crippen LogP contribution is -2.45. The van der Waals surface area contributed by atoms with Crippen LogP contribution >= 0.6 is 11.8 Å². The van der Waals surface area contributed by atoms with Gasteiger partial charge in [-0.2, -0.15) is 0 Å². The highest BCUT2D eigenvalue weighted by Crippen LogP contribution is 2.36. The van der Waals surface area contributed by atoms with Crippen molar-refractivity contribution in [2.24, 2.45) is 0 Å². The van der Waals surface area contributed by atoms with Crippen LogP contribution in [0.1, 0.15) is 17.5 Å². The second-order valence-electron chi connectivity index (χ2n) is 7.45. The van der Waals surface area contributed by atoms with Crippen molar-refractivity contribution in [2.45, 2.75) is 23.6 Å². The van der Waals surface area contributed by atoms with Crippen LogP contribution in [-0.4, -0.2) is 56.1 Å². The molecule has 2 aliphatic heterocycles. The molecule has 0 aliphatic carbocycles. The Kier molecular flexibility index (Phi) is 5.83. The quantitative estimate of drug-likeness (QED) is 0.809. The molecule has 0 aromatic heterocycles. The molecule has 0 unspecified atom stereocenters. The minimum absolute atomic E-state index is 1.02. The molecule has 0 amide bonds. The topological polar surface area (TPSA) is 9.72 Å². The molecule has 0 atom stereocenters. The Bertz CT molecular complexity index is 725. The van der Waals surface area contributed by atoms with Crippen molar-refractivity contribution in [1.29, 1.82) is 0 Å². The van der Waals surface area contributed by atoms with Crippen LogP contribution in [-0.2, 0) is 12.3 Å². The van der Waals surface area contributed by atoms with Gasteiger partial charge in [0.2, 0.25) is 0 Å². The van der Waals surface area contributed by atoms with Crippen molar-refractivity contribution in [1.82, 2.24) is 9.80 Å². The average Bonchev–Trinajstić information content (AvgIpc) is 2.67. The van der Waals surface area contributed by atoms with E-state index in [4.69, 9.17) is 0 Å². The number of piperazine rings is 1. The van der Waals surface area contributed by atoms with Crippen LogP contribution in [0.2, 0.25) is 0 Å². The molecule has 4 rings (SSSR count). The van der Waals surface area contributed by atoms with Gasteiger partial charge in [0.1, 0.15) is 0 Å². The van der Waals surface area contributed by atoms with E-state index in [0.29, 0.717) is 0 Å². The van der Waals surface area contributed by atoms with Gasteiger partial charge in [-0.25, -0.2) is 0 Å². The molecule has 0 bridgehead atoms. The van der Waals surface area contributed by atoms with Gasteiger partial charge in [-0.15, -0.1) is 11.8 Å². The Hall–Kier alpha value is -1.49. The van der Waals surface area contributed by atoms with Crippen molar-refractivity contribution in [3.05, 3.63) is 59.7 Å². The van der Waals surface area contributed by atoms with E-state index in [2.05, 4.69) is 70.3 Å². The lowest BCUT2D eigenvalue weighted by atomic mass is 10.1. The number of para-hydroxylation sites is 1. The van der Waals surface area contributed by atoms with E-state index in [1.165, 1.54) is 60.9 Å². The summed E-state index contributed by atoms with van der Waals surface area (Å²) in [6.07, 6.45) is 1.23. The van der Waals surface area contributed by atoms with Crippen LogP contribution in [0.25, 0.3) is 0 Å². The van der Waals surface area contributed by atoms with Crippen molar-refractivity contribution in [2.75, 3.05) is 51.2 Å². The number of anilines is 1. The van der Waals surface area contributed by atoms with Crippen LogP contribution in [0, 0.1) is 0 Å². The summed E-state index contributed by atoms with van der Waals surface area (Å²) < 4.78 is 0. The number of hydrogen-bond acceptors (Lipinski definition) is 4. The molecule has 0 radical (unpaired) electrons. The Morgan fingerprint density at radius 3 is 2.42 bits per heavy atom. The van der Waals surface area contributed by atoms with E-state index >= 15 is 0 Å². The molecule has 138 valence electrons. The maximum absolute atomic E-state index is 2.62. The normalized spacial score (nSPS) is 18.7. The summed E-state index contributed by atoms with van der Waals surface area (Å²) in [5.41, 5.74) is 4.37. The Morgan fingerprint density at radius 2 is 1.58 bits per heavy atom. The maximum Gasteiger partial charge on any atom is 0.0507 e. The fourth-order valence-electron chi connectivity index (χ4n) is 3.90. The SMILES string of the molecule is CN1CCN(CCCN2Cc3ccccc3CSc3ccccc32)CC1. The first kappa shape index (κ1) is 17.9. The summed E-state index contributed by atoms with van der Waals surface area (Å²) in [5, 5.41) is 0.